The monoisotopic (exact) mass is 407 g/mol. The molecule has 0 bridgehead atoms. The van der Waals surface area contributed by atoms with Gasteiger partial charge >= 0.3 is 6.09 Å². The molecule has 1 aliphatic heterocycles. The van der Waals surface area contributed by atoms with Crippen LogP contribution in [0, 0.1) is 0 Å². The number of hydrogen-bond acceptors (Lipinski definition) is 5. The molecule has 3 N–H and O–H groups in total. The average molecular weight is 408 g/mol. The molecule has 27 heavy (non-hydrogen) atoms. The normalized spacial score (nSPS) is 14.0. The van der Waals surface area contributed by atoms with Crippen molar-refractivity contribution in [2.75, 3.05) is 18.4 Å². The summed E-state index contributed by atoms with van der Waals surface area (Å²) in [6.07, 6.45) is 1.20. The van der Waals surface area contributed by atoms with Crippen LogP contribution in [0.5, 0.6) is 5.06 Å². The molecule has 0 spiro atoms. The first-order valence-corrected chi connectivity index (χ1v) is 9.92. The van der Waals surface area contributed by atoms with Gasteiger partial charge in [0.15, 0.2) is 5.06 Å². The van der Waals surface area contributed by atoms with Crippen molar-refractivity contribution in [2.24, 2.45) is 0 Å². The Morgan fingerprint density at radius 2 is 1.89 bits per heavy atom. The van der Waals surface area contributed by atoms with Gasteiger partial charge in [0.2, 0.25) is 5.91 Å². The SMILES string of the molecule is CC(C)(NC(=O)Oc1ccc(Cl)s1)C(=O)Nc1ccc2c(c1)CCNCC2. The molecule has 0 saturated carbocycles. The zero-order valence-corrected chi connectivity index (χ0v) is 16.8. The summed E-state index contributed by atoms with van der Waals surface area (Å²) in [5.41, 5.74) is 2.10. The fourth-order valence-corrected chi connectivity index (χ4v) is 3.69. The highest BCUT2D eigenvalue weighted by atomic mass is 35.5. The van der Waals surface area contributed by atoms with Gasteiger partial charge in [0.1, 0.15) is 5.54 Å². The Hall–Kier alpha value is -2.09. The number of hydrogen-bond donors (Lipinski definition) is 3. The second-order valence-electron chi connectivity index (χ2n) is 6.89. The predicted octanol–water partition coefficient (Wildman–Crippen LogP) is 3.60. The standard InChI is InChI=1S/C19H22ClN3O3S/c1-19(2,23-18(25)26-16-6-5-15(20)27-16)17(24)22-14-4-3-12-7-9-21-10-8-13(12)11-14/h3-6,11,21H,7-10H2,1-2H3,(H,22,24)(H,23,25). The lowest BCUT2D eigenvalue weighted by Crippen LogP contribution is -2.53. The van der Waals surface area contributed by atoms with Crippen LogP contribution in [0.2, 0.25) is 4.34 Å². The number of fused-ring (bicyclic) bond motifs is 1. The summed E-state index contributed by atoms with van der Waals surface area (Å²) in [5, 5.41) is 9.20. The Kier molecular flexibility index (Phi) is 6.04. The lowest BCUT2D eigenvalue weighted by Gasteiger charge is -2.24. The van der Waals surface area contributed by atoms with Gasteiger partial charge in [0.05, 0.1) is 4.34 Å². The number of halogens is 1. The molecule has 1 aromatic heterocycles. The number of thiophene rings is 1. The van der Waals surface area contributed by atoms with Gasteiger partial charge in [0.25, 0.3) is 0 Å². The molecule has 0 saturated heterocycles. The van der Waals surface area contributed by atoms with Gasteiger partial charge in [-0.3, -0.25) is 4.79 Å². The number of rotatable bonds is 4. The first kappa shape index (κ1) is 19.7. The van der Waals surface area contributed by atoms with Crippen LogP contribution in [0.15, 0.2) is 30.3 Å². The fraction of sp³-hybridized carbons (Fsp3) is 0.368. The van der Waals surface area contributed by atoms with E-state index in [9.17, 15) is 9.59 Å². The lowest BCUT2D eigenvalue weighted by atomic mass is 10.0. The third kappa shape index (κ3) is 5.22. The number of amides is 2. The van der Waals surface area contributed by atoms with Crippen molar-refractivity contribution in [1.29, 1.82) is 0 Å². The number of benzene rings is 1. The van der Waals surface area contributed by atoms with E-state index in [1.54, 1.807) is 26.0 Å². The quantitative estimate of drug-likeness (QED) is 0.723. The van der Waals surface area contributed by atoms with Gasteiger partial charge in [-0.15, -0.1) is 0 Å². The van der Waals surface area contributed by atoms with Gasteiger partial charge in [-0.2, -0.15) is 0 Å². The van der Waals surface area contributed by atoms with Crippen molar-refractivity contribution in [3.8, 4) is 5.06 Å². The van der Waals surface area contributed by atoms with Crippen LogP contribution < -0.4 is 20.7 Å². The molecule has 6 nitrogen and oxygen atoms in total. The van der Waals surface area contributed by atoms with Crippen molar-refractivity contribution in [3.63, 3.8) is 0 Å². The van der Waals surface area contributed by atoms with Crippen molar-refractivity contribution < 1.29 is 14.3 Å². The maximum Gasteiger partial charge on any atom is 0.414 e. The smallest absolute Gasteiger partial charge is 0.399 e. The van der Waals surface area contributed by atoms with E-state index in [0.29, 0.717) is 15.1 Å². The van der Waals surface area contributed by atoms with E-state index >= 15 is 0 Å². The van der Waals surface area contributed by atoms with Gasteiger partial charge in [0, 0.05) is 5.69 Å². The van der Waals surface area contributed by atoms with E-state index in [-0.39, 0.29) is 5.91 Å². The molecular weight excluding hydrogens is 386 g/mol. The Morgan fingerprint density at radius 1 is 1.15 bits per heavy atom. The minimum atomic E-state index is -1.15. The minimum Gasteiger partial charge on any atom is -0.399 e. The first-order chi connectivity index (χ1) is 12.8. The van der Waals surface area contributed by atoms with Crippen LogP contribution in [0.1, 0.15) is 25.0 Å². The van der Waals surface area contributed by atoms with E-state index in [1.165, 1.54) is 11.1 Å². The topological polar surface area (TPSA) is 79.5 Å². The molecule has 0 fully saturated rings. The van der Waals surface area contributed by atoms with Crippen molar-refractivity contribution in [2.45, 2.75) is 32.2 Å². The molecule has 1 aromatic carbocycles. The molecule has 0 radical (unpaired) electrons. The van der Waals surface area contributed by atoms with E-state index in [0.717, 1.165) is 37.3 Å². The summed E-state index contributed by atoms with van der Waals surface area (Å²) in [6, 6.07) is 9.18. The van der Waals surface area contributed by atoms with Crippen molar-refractivity contribution in [1.82, 2.24) is 10.6 Å². The van der Waals surface area contributed by atoms with E-state index < -0.39 is 11.6 Å². The Bertz CT molecular complexity index is 850. The van der Waals surface area contributed by atoms with Crippen LogP contribution in [0.3, 0.4) is 0 Å². The molecule has 0 unspecified atom stereocenters. The molecule has 0 atom stereocenters. The summed E-state index contributed by atoms with van der Waals surface area (Å²) in [6.45, 7) is 5.14. The number of nitrogens with one attached hydrogen (secondary N) is 3. The Balaban J connectivity index is 1.62. The van der Waals surface area contributed by atoms with E-state index in [4.69, 9.17) is 16.3 Å². The molecule has 144 valence electrons. The van der Waals surface area contributed by atoms with Crippen LogP contribution >= 0.6 is 22.9 Å². The molecule has 2 amide bonds. The van der Waals surface area contributed by atoms with Gasteiger partial charge in [-0.25, -0.2) is 4.79 Å². The van der Waals surface area contributed by atoms with E-state index in [1.807, 2.05) is 18.2 Å². The van der Waals surface area contributed by atoms with Crippen LogP contribution in [-0.4, -0.2) is 30.6 Å². The highest BCUT2D eigenvalue weighted by Crippen LogP contribution is 2.28. The third-order valence-electron chi connectivity index (χ3n) is 4.33. The maximum absolute atomic E-state index is 12.6. The van der Waals surface area contributed by atoms with Crippen molar-refractivity contribution in [3.05, 3.63) is 45.8 Å². The van der Waals surface area contributed by atoms with Crippen LogP contribution in [0.25, 0.3) is 0 Å². The highest BCUT2D eigenvalue weighted by molar-refractivity contribution is 7.17. The predicted molar refractivity (Wildman–Crippen MR) is 108 cm³/mol. The van der Waals surface area contributed by atoms with Crippen molar-refractivity contribution >= 4 is 40.6 Å². The van der Waals surface area contributed by atoms with E-state index in [2.05, 4.69) is 16.0 Å². The number of anilines is 1. The average Bonchev–Trinajstić information content (AvgIpc) is 2.86. The van der Waals surface area contributed by atoms with Gasteiger partial charge < -0.3 is 20.7 Å². The highest BCUT2D eigenvalue weighted by Gasteiger charge is 2.30. The number of carbonyl (C=O) groups is 2. The second-order valence-corrected chi connectivity index (χ2v) is 8.56. The molecule has 0 aliphatic carbocycles. The number of carbonyl (C=O) groups excluding carboxylic acids is 2. The van der Waals surface area contributed by atoms with Gasteiger partial charge in [-0.1, -0.05) is 29.0 Å². The lowest BCUT2D eigenvalue weighted by molar-refractivity contribution is -0.121. The van der Waals surface area contributed by atoms with Crippen LogP contribution in [0.4, 0.5) is 10.5 Å². The molecular formula is C19H22ClN3O3S. The summed E-state index contributed by atoms with van der Waals surface area (Å²) >= 11 is 6.96. The summed E-state index contributed by atoms with van der Waals surface area (Å²) < 4.78 is 5.68. The summed E-state index contributed by atoms with van der Waals surface area (Å²) in [4.78, 5) is 24.7. The Labute approximate surface area is 167 Å². The third-order valence-corrected chi connectivity index (χ3v) is 5.44. The first-order valence-electron chi connectivity index (χ1n) is 8.73. The molecule has 1 aliphatic rings. The van der Waals surface area contributed by atoms with Gasteiger partial charge in [-0.05, 0) is 75.2 Å². The summed E-state index contributed by atoms with van der Waals surface area (Å²) in [7, 11) is 0. The molecule has 2 aromatic rings. The molecule has 2 heterocycles. The molecule has 8 heteroatoms. The van der Waals surface area contributed by atoms with Crippen LogP contribution in [-0.2, 0) is 17.6 Å². The largest absolute Gasteiger partial charge is 0.414 e. The zero-order valence-electron chi connectivity index (χ0n) is 15.2. The summed E-state index contributed by atoms with van der Waals surface area (Å²) in [5.74, 6) is -0.324. The Morgan fingerprint density at radius 3 is 2.59 bits per heavy atom. The maximum atomic E-state index is 12.6. The molecule has 3 rings (SSSR count). The second kappa shape index (κ2) is 8.29. The number of ether oxygens (including phenoxy) is 1. The fourth-order valence-electron chi connectivity index (χ4n) is 2.82. The minimum absolute atomic E-state index is 0.324. The zero-order chi connectivity index (χ0) is 19.4.